The van der Waals surface area contributed by atoms with E-state index in [1.54, 1.807) is 0 Å². The molecule has 0 unspecified atom stereocenters. The third kappa shape index (κ3) is 6.44. The predicted molar refractivity (Wildman–Crippen MR) is 96.1 cm³/mol. The Morgan fingerprint density at radius 3 is 1.68 bits per heavy atom. The van der Waals surface area contributed by atoms with Gasteiger partial charge in [0, 0.05) is 13.7 Å². The van der Waals surface area contributed by atoms with Crippen molar-refractivity contribution in [1.29, 1.82) is 0 Å². The Kier molecular flexibility index (Phi) is 8.59. The molecule has 0 atom stereocenters. The maximum absolute atomic E-state index is 5.31. The van der Waals surface area contributed by atoms with Crippen molar-refractivity contribution in [2.45, 2.75) is 83.5 Å². The number of rotatable bonds is 9. The standard InChI is InChI=1S/C21H38O/c1-3-4-5-6-18-7-9-19(10-8-18)11-12-20-13-15-21(16-14-20)17-22-2/h3,18-21H,1,4-17H2,2H3/t18-,19-,20-,21-. The zero-order valence-corrected chi connectivity index (χ0v) is 14.9. The Morgan fingerprint density at radius 2 is 1.23 bits per heavy atom. The second-order valence-corrected chi connectivity index (χ2v) is 8.03. The minimum Gasteiger partial charge on any atom is -0.384 e. The van der Waals surface area contributed by atoms with Gasteiger partial charge in [0.05, 0.1) is 0 Å². The largest absolute Gasteiger partial charge is 0.384 e. The molecular weight excluding hydrogens is 268 g/mol. The van der Waals surface area contributed by atoms with Crippen molar-refractivity contribution in [3.8, 4) is 0 Å². The fourth-order valence-corrected chi connectivity index (χ4v) is 4.75. The van der Waals surface area contributed by atoms with Gasteiger partial charge in [-0.2, -0.15) is 0 Å². The van der Waals surface area contributed by atoms with E-state index in [0.29, 0.717) is 0 Å². The van der Waals surface area contributed by atoms with E-state index < -0.39 is 0 Å². The summed E-state index contributed by atoms with van der Waals surface area (Å²) in [6, 6.07) is 0. The Bertz CT molecular complexity index is 282. The van der Waals surface area contributed by atoms with Crippen LogP contribution in [0.4, 0.5) is 0 Å². The molecule has 2 aliphatic rings. The first-order chi connectivity index (χ1) is 10.8. The van der Waals surface area contributed by atoms with E-state index in [2.05, 4.69) is 12.7 Å². The number of ether oxygens (including phenoxy) is 1. The highest BCUT2D eigenvalue weighted by molar-refractivity contribution is 4.77. The van der Waals surface area contributed by atoms with Gasteiger partial charge in [0.2, 0.25) is 0 Å². The molecule has 0 aromatic carbocycles. The van der Waals surface area contributed by atoms with Crippen LogP contribution in [0, 0.1) is 23.7 Å². The molecule has 0 heterocycles. The van der Waals surface area contributed by atoms with E-state index in [1.165, 1.54) is 83.5 Å². The third-order valence-corrected chi connectivity index (χ3v) is 6.34. The first-order valence-corrected chi connectivity index (χ1v) is 9.91. The van der Waals surface area contributed by atoms with Gasteiger partial charge in [-0.05, 0) is 49.4 Å². The van der Waals surface area contributed by atoms with E-state index in [1.807, 2.05) is 7.11 Å². The van der Waals surface area contributed by atoms with Gasteiger partial charge in [-0.15, -0.1) is 6.58 Å². The Balaban J connectivity index is 1.53. The zero-order chi connectivity index (χ0) is 15.6. The quantitative estimate of drug-likeness (QED) is 0.354. The van der Waals surface area contributed by atoms with Gasteiger partial charge in [-0.25, -0.2) is 0 Å². The van der Waals surface area contributed by atoms with E-state index in [4.69, 9.17) is 4.74 Å². The van der Waals surface area contributed by atoms with Crippen LogP contribution < -0.4 is 0 Å². The molecule has 22 heavy (non-hydrogen) atoms. The van der Waals surface area contributed by atoms with Gasteiger partial charge in [0.1, 0.15) is 0 Å². The van der Waals surface area contributed by atoms with Crippen molar-refractivity contribution in [3.63, 3.8) is 0 Å². The van der Waals surface area contributed by atoms with Gasteiger partial charge in [0.25, 0.3) is 0 Å². The van der Waals surface area contributed by atoms with E-state index in [9.17, 15) is 0 Å². The lowest BCUT2D eigenvalue weighted by Gasteiger charge is -2.32. The summed E-state index contributed by atoms with van der Waals surface area (Å²) in [6.07, 6.45) is 20.9. The second-order valence-electron chi connectivity index (χ2n) is 8.03. The summed E-state index contributed by atoms with van der Waals surface area (Å²) >= 11 is 0. The summed E-state index contributed by atoms with van der Waals surface area (Å²) < 4.78 is 5.31. The van der Waals surface area contributed by atoms with Crippen LogP contribution in [0.15, 0.2) is 12.7 Å². The highest BCUT2D eigenvalue weighted by Crippen LogP contribution is 2.37. The van der Waals surface area contributed by atoms with E-state index in [-0.39, 0.29) is 0 Å². The summed E-state index contributed by atoms with van der Waals surface area (Å²) in [6.45, 7) is 4.82. The molecule has 0 aromatic heterocycles. The normalized spacial score (nSPS) is 32.8. The average Bonchev–Trinajstić information content (AvgIpc) is 2.56. The van der Waals surface area contributed by atoms with Crippen LogP contribution in [-0.4, -0.2) is 13.7 Å². The smallest absolute Gasteiger partial charge is 0.0490 e. The number of allylic oxidation sites excluding steroid dienone is 1. The molecule has 0 amide bonds. The number of hydrogen-bond acceptors (Lipinski definition) is 1. The Labute approximate surface area is 138 Å². The highest BCUT2D eigenvalue weighted by atomic mass is 16.5. The molecule has 1 nitrogen and oxygen atoms in total. The van der Waals surface area contributed by atoms with Crippen LogP contribution in [0.25, 0.3) is 0 Å². The third-order valence-electron chi connectivity index (χ3n) is 6.34. The van der Waals surface area contributed by atoms with Crippen molar-refractivity contribution in [3.05, 3.63) is 12.7 Å². The van der Waals surface area contributed by atoms with Crippen molar-refractivity contribution in [1.82, 2.24) is 0 Å². The van der Waals surface area contributed by atoms with Crippen LogP contribution in [0.1, 0.15) is 83.5 Å². The summed E-state index contributed by atoms with van der Waals surface area (Å²) in [4.78, 5) is 0. The van der Waals surface area contributed by atoms with Crippen LogP contribution in [0.2, 0.25) is 0 Å². The highest BCUT2D eigenvalue weighted by Gasteiger charge is 2.24. The molecular formula is C21H38O. The number of hydrogen-bond donors (Lipinski definition) is 0. The van der Waals surface area contributed by atoms with Crippen molar-refractivity contribution in [2.75, 3.05) is 13.7 Å². The topological polar surface area (TPSA) is 9.23 Å². The zero-order valence-electron chi connectivity index (χ0n) is 14.9. The van der Waals surface area contributed by atoms with Crippen LogP contribution >= 0.6 is 0 Å². The molecule has 0 aromatic rings. The predicted octanol–water partition coefficient (Wildman–Crippen LogP) is 6.38. The minimum atomic E-state index is 0.854. The maximum Gasteiger partial charge on any atom is 0.0490 e. The lowest BCUT2D eigenvalue weighted by molar-refractivity contribution is 0.115. The minimum absolute atomic E-state index is 0.854. The van der Waals surface area contributed by atoms with Crippen molar-refractivity contribution in [2.24, 2.45) is 23.7 Å². The van der Waals surface area contributed by atoms with Crippen LogP contribution in [0.3, 0.4) is 0 Å². The van der Waals surface area contributed by atoms with E-state index >= 15 is 0 Å². The van der Waals surface area contributed by atoms with E-state index in [0.717, 1.165) is 30.3 Å². The molecule has 2 fully saturated rings. The average molecular weight is 307 g/mol. The molecule has 0 radical (unpaired) electrons. The fourth-order valence-electron chi connectivity index (χ4n) is 4.75. The molecule has 0 aliphatic heterocycles. The Morgan fingerprint density at radius 1 is 0.773 bits per heavy atom. The van der Waals surface area contributed by atoms with Gasteiger partial charge < -0.3 is 4.74 Å². The summed E-state index contributed by atoms with van der Waals surface area (Å²) in [5.74, 6) is 3.96. The van der Waals surface area contributed by atoms with Crippen molar-refractivity contribution >= 4 is 0 Å². The molecule has 0 saturated heterocycles. The maximum atomic E-state index is 5.31. The lowest BCUT2D eigenvalue weighted by Crippen LogP contribution is -2.20. The summed E-state index contributed by atoms with van der Waals surface area (Å²) in [7, 11) is 1.85. The molecule has 0 bridgehead atoms. The Hall–Kier alpha value is -0.300. The summed E-state index contributed by atoms with van der Waals surface area (Å²) in [5, 5.41) is 0. The molecule has 2 aliphatic carbocycles. The van der Waals surface area contributed by atoms with Crippen LogP contribution in [-0.2, 0) is 4.74 Å². The second kappa shape index (κ2) is 10.5. The molecule has 0 N–H and O–H groups in total. The first kappa shape index (κ1) is 18.0. The molecule has 2 saturated carbocycles. The fraction of sp³-hybridized carbons (Fsp3) is 0.905. The summed E-state index contributed by atoms with van der Waals surface area (Å²) in [5.41, 5.74) is 0. The molecule has 1 heteroatoms. The first-order valence-electron chi connectivity index (χ1n) is 9.91. The van der Waals surface area contributed by atoms with Gasteiger partial charge in [0.15, 0.2) is 0 Å². The monoisotopic (exact) mass is 306 g/mol. The van der Waals surface area contributed by atoms with Gasteiger partial charge in [-0.3, -0.25) is 0 Å². The molecule has 0 spiro atoms. The van der Waals surface area contributed by atoms with Gasteiger partial charge in [-0.1, -0.05) is 63.9 Å². The molecule has 2 rings (SSSR count). The number of methoxy groups -OCH3 is 1. The SMILES string of the molecule is C=CCCC[C@H]1CC[C@H](CC[C@H]2CC[C@H](COC)CC2)CC1. The molecule has 128 valence electrons. The number of unbranched alkanes of at least 4 members (excludes halogenated alkanes) is 1. The van der Waals surface area contributed by atoms with Crippen LogP contribution in [0.5, 0.6) is 0 Å². The van der Waals surface area contributed by atoms with Gasteiger partial charge >= 0.3 is 0 Å². The van der Waals surface area contributed by atoms with Crippen molar-refractivity contribution < 1.29 is 4.74 Å². The lowest BCUT2D eigenvalue weighted by atomic mass is 9.75.